The van der Waals surface area contributed by atoms with Crippen LogP contribution in [0.3, 0.4) is 0 Å². The molecule has 0 unspecified atom stereocenters. The van der Waals surface area contributed by atoms with Crippen molar-refractivity contribution in [1.82, 2.24) is 10.3 Å². The maximum Gasteiger partial charge on any atom is 0.185 e. The molecule has 0 amide bonds. The number of aromatic nitrogens is 1. The predicted octanol–water partition coefficient (Wildman–Crippen LogP) is 3.63. The molecular weight excluding hydrogens is 278 g/mol. The van der Waals surface area contributed by atoms with Gasteiger partial charge >= 0.3 is 0 Å². The van der Waals surface area contributed by atoms with Gasteiger partial charge in [-0.15, -0.1) is 11.3 Å². The highest BCUT2D eigenvalue weighted by molar-refractivity contribution is 7.15. The minimum absolute atomic E-state index is 0.907. The third-order valence-corrected chi connectivity index (χ3v) is 4.61. The molecule has 0 aliphatic rings. The monoisotopic (exact) mass is 303 g/mol. The van der Waals surface area contributed by atoms with E-state index in [-0.39, 0.29) is 0 Å². The number of hydrogen-bond acceptors (Lipinski definition) is 4. The summed E-state index contributed by atoms with van der Waals surface area (Å²) in [7, 11) is 0. The first-order chi connectivity index (χ1) is 10.2. The maximum absolute atomic E-state index is 4.51. The van der Waals surface area contributed by atoms with Gasteiger partial charge in [-0.2, -0.15) is 0 Å². The van der Waals surface area contributed by atoms with Gasteiger partial charge in [0.2, 0.25) is 0 Å². The van der Waals surface area contributed by atoms with Crippen LogP contribution in [0.15, 0.2) is 30.5 Å². The molecule has 1 aromatic heterocycles. The van der Waals surface area contributed by atoms with E-state index < -0.39 is 0 Å². The van der Waals surface area contributed by atoms with Gasteiger partial charge in [0.1, 0.15) is 0 Å². The molecule has 0 spiro atoms. The molecule has 1 aromatic carbocycles. The molecule has 0 atom stereocenters. The summed E-state index contributed by atoms with van der Waals surface area (Å²) in [5, 5.41) is 4.64. The van der Waals surface area contributed by atoms with Crippen LogP contribution in [0, 0.1) is 6.92 Å². The van der Waals surface area contributed by atoms with Crippen LogP contribution < -0.4 is 10.2 Å². The van der Waals surface area contributed by atoms with Crippen molar-refractivity contribution < 1.29 is 0 Å². The Balaban J connectivity index is 1.76. The second kappa shape index (κ2) is 8.15. The number of benzene rings is 1. The molecule has 0 radical (unpaired) electrons. The lowest BCUT2D eigenvalue weighted by molar-refractivity contribution is 0.692. The Morgan fingerprint density at radius 3 is 2.76 bits per heavy atom. The van der Waals surface area contributed by atoms with Gasteiger partial charge in [-0.1, -0.05) is 29.8 Å². The van der Waals surface area contributed by atoms with Crippen molar-refractivity contribution in [3.63, 3.8) is 0 Å². The molecule has 21 heavy (non-hydrogen) atoms. The first kappa shape index (κ1) is 16.0. The Kier molecular flexibility index (Phi) is 6.21. The molecule has 2 rings (SSSR count). The van der Waals surface area contributed by atoms with Crippen molar-refractivity contribution in [3.05, 3.63) is 46.5 Å². The zero-order chi connectivity index (χ0) is 15.1. The number of nitrogens with zero attached hydrogens (tertiary/aromatic N) is 2. The standard InChI is InChI=1S/C17H25N3S/c1-4-20(5-2)17-19-13-16(21-17)12-18-10-9-15-8-6-7-14(3)11-15/h6-8,11,13,18H,4-5,9-10,12H2,1-3H3. The largest absolute Gasteiger partial charge is 0.349 e. The van der Waals surface area contributed by atoms with Crippen molar-refractivity contribution in [1.29, 1.82) is 0 Å². The first-order valence-electron chi connectivity index (χ1n) is 7.68. The summed E-state index contributed by atoms with van der Waals surface area (Å²) in [6.45, 7) is 10.4. The summed E-state index contributed by atoms with van der Waals surface area (Å²) >= 11 is 1.79. The molecule has 0 aliphatic heterocycles. The van der Waals surface area contributed by atoms with Gasteiger partial charge in [-0.25, -0.2) is 4.98 Å². The number of thiazole rings is 1. The van der Waals surface area contributed by atoms with Gasteiger partial charge in [-0.05, 0) is 39.3 Å². The summed E-state index contributed by atoms with van der Waals surface area (Å²) in [4.78, 5) is 8.11. The van der Waals surface area contributed by atoms with Gasteiger partial charge in [0.25, 0.3) is 0 Å². The highest BCUT2D eigenvalue weighted by Crippen LogP contribution is 2.21. The topological polar surface area (TPSA) is 28.2 Å². The normalized spacial score (nSPS) is 10.8. The molecule has 0 aliphatic carbocycles. The van der Waals surface area contributed by atoms with E-state index in [1.54, 1.807) is 11.3 Å². The lowest BCUT2D eigenvalue weighted by atomic mass is 10.1. The Morgan fingerprint density at radius 1 is 1.24 bits per heavy atom. The average molecular weight is 303 g/mol. The number of hydrogen-bond donors (Lipinski definition) is 1. The van der Waals surface area contributed by atoms with Gasteiger partial charge in [0, 0.05) is 30.7 Å². The SMILES string of the molecule is CCN(CC)c1ncc(CNCCc2cccc(C)c2)s1. The molecule has 0 saturated carbocycles. The molecule has 2 aromatic rings. The van der Waals surface area contributed by atoms with Crippen molar-refractivity contribution in [2.45, 2.75) is 33.7 Å². The molecular formula is C17H25N3S. The highest BCUT2D eigenvalue weighted by Gasteiger charge is 2.07. The van der Waals surface area contributed by atoms with Gasteiger partial charge in [0.05, 0.1) is 0 Å². The first-order valence-corrected chi connectivity index (χ1v) is 8.50. The molecule has 1 heterocycles. The van der Waals surface area contributed by atoms with Crippen LogP contribution in [0.2, 0.25) is 0 Å². The third-order valence-electron chi connectivity index (χ3n) is 3.55. The van der Waals surface area contributed by atoms with Crippen LogP contribution in [0.1, 0.15) is 29.9 Å². The number of nitrogens with one attached hydrogen (secondary N) is 1. The molecule has 0 saturated heterocycles. The van der Waals surface area contributed by atoms with E-state index >= 15 is 0 Å². The van der Waals surface area contributed by atoms with Crippen LogP contribution in [-0.2, 0) is 13.0 Å². The summed E-state index contributed by atoms with van der Waals surface area (Å²) in [6, 6.07) is 8.72. The predicted molar refractivity (Wildman–Crippen MR) is 92.3 cm³/mol. The number of anilines is 1. The summed E-state index contributed by atoms with van der Waals surface area (Å²) in [5.74, 6) is 0. The van der Waals surface area contributed by atoms with Crippen LogP contribution in [0.4, 0.5) is 5.13 Å². The van der Waals surface area contributed by atoms with E-state index in [4.69, 9.17) is 0 Å². The second-order valence-electron chi connectivity index (χ2n) is 5.20. The molecule has 1 N–H and O–H groups in total. The minimum Gasteiger partial charge on any atom is -0.349 e. The molecule has 0 fully saturated rings. The van der Waals surface area contributed by atoms with E-state index in [1.165, 1.54) is 16.0 Å². The fraction of sp³-hybridized carbons (Fsp3) is 0.471. The van der Waals surface area contributed by atoms with Crippen molar-refractivity contribution in [2.75, 3.05) is 24.5 Å². The van der Waals surface area contributed by atoms with Crippen LogP contribution >= 0.6 is 11.3 Å². The smallest absolute Gasteiger partial charge is 0.185 e. The van der Waals surface area contributed by atoms with E-state index in [0.29, 0.717) is 0 Å². The lowest BCUT2D eigenvalue weighted by Gasteiger charge is -2.16. The zero-order valence-electron chi connectivity index (χ0n) is 13.2. The van der Waals surface area contributed by atoms with Crippen molar-refractivity contribution in [2.24, 2.45) is 0 Å². The van der Waals surface area contributed by atoms with Crippen LogP contribution in [0.5, 0.6) is 0 Å². The zero-order valence-corrected chi connectivity index (χ0v) is 14.0. The maximum atomic E-state index is 4.51. The fourth-order valence-corrected chi connectivity index (χ4v) is 3.34. The van der Waals surface area contributed by atoms with E-state index in [0.717, 1.165) is 37.7 Å². The van der Waals surface area contributed by atoms with Gasteiger partial charge < -0.3 is 10.2 Å². The van der Waals surface area contributed by atoms with E-state index in [9.17, 15) is 0 Å². The van der Waals surface area contributed by atoms with E-state index in [1.807, 2.05) is 6.20 Å². The number of aryl methyl sites for hydroxylation is 1. The third kappa shape index (κ3) is 4.83. The van der Waals surface area contributed by atoms with E-state index in [2.05, 4.69) is 60.2 Å². The van der Waals surface area contributed by atoms with Crippen LogP contribution in [-0.4, -0.2) is 24.6 Å². The van der Waals surface area contributed by atoms with Gasteiger partial charge in [-0.3, -0.25) is 0 Å². The van der Waals surface area contributed by atoms with Crippen molar-refractivity contribution >= 4 is 16.5 Å². The quantitative estimate of drug-likeness (QED) is 0.755. The Hall–Kier alpha value is -1.39. The Labute approximate surface area is 132 Å². The summed E-state index contributed by atoms with van der Waals surface area (Å²) in [5.41, 5.74) is 2.73. The second-order valence-corrected chi connectivity index (χ2v) is 6.29. The van der Waals surface area contributed by atoms with Gasteiger partial charge in [0.15, 0.2) is 5.13 Å². The summed E-state index contributed by atoms with van der Waals surface area (Å²) in [6.07, 6.45) is 3.07. The fourth-order valence-electron chi connectivity index (χ4n) is 2.33. The number of rotatable bonds is 8. The highest BCUT2D eigenvalue weighted by atomic mass is 32.1. The molecule has 114 valence electrons. The Morgan fingerprint density at radius 2 is 2.05 bits per heavy atom. The minimum atomic E-state index is 0.907. The molecule has 0 bridgehead atoms. The summed E-state index contributed by atoms with van der Waals surface area (Å²) < 4.78 is 0. The average Bonchev–Trinajstić information content (AvgIpc) is 2.94. The molecule has 3 nitrogen and oxygen atoms in total. The van der Waals surface area contributed by atoms with Crippen LogP contribution in [0.25, 0.3) is 0 Å². The molecule has 4 heteroatoms. The Bertz CT molecular complexity index is 546. The lowest BCUT2D eigenvalue weighted by Crippen LogP contribution is -2.21. The van der Waals surface area contributed by atoms with Crippen molar-refractivity contribution in [3.8, 4) is 0 Å².